The third kappa shape index (κ3) is 5.29. The molecular weight excluding hydrogens is 422 g/mol. The molecule has 0 aliphatic carbocycles. The normalized spacial score (nSPS) is 15.7. The first-order valence-electron chi connectivity index (χ1n) is 8.59. The molecule has 0 amide bonds. The van der Waals surface area contributed by atoms with Gasteiger partial charge in [0.15, 0.2) is 0 Å². The Balaban J connectivity index is 1.71. The predicted molar refractivity (Wildman–Crippen MR) is 105 cm³/mol. The number of rotatable bonds is 7. The van der Waals surface area contributed by atoms with Crippen LogP contribution in [0.5, 0.6) is 0 Å². The van der Waals surface area contributed by atoms with Crippen LogP contribution in [-0.4, -0.2) is 52.4 Å². The van der Waals surface area contributed by atoms with Crippen LogP contribution in [-0.2, 0) is 30.5 Å². The lowest BCUT2D eigenvalue weighted by molar-refractivity contribution is -0.384. The zero-order chi connectivity index (χ0) is 21.1. The minimum atomic E-state index is -3.85. The molecule has 0 radical (unpaired) electrons. The van der Waals surface area contributed by atoms with E-state index < -0.39 is 30.7 Å². The van der Waals surface area contributed by atoms with Crippen LogP contribution in [0, 0.1) is 10.1 Å². The van der Waals surface area contributed by atoms with Gasteiger partial charge in [-0.25, -0.2) is 16.8 Å². The van der Waals surface area contributed by atoms with Gasteiger partial charge in [0, 0.05) is 30.9 Å². The Kier molecular flexibility index (Phi) is 6.17. The van der Waals surface area contributed by atoms with Crippen LogP contribution in [0.15, 0.2) is 53.4 Å². The molecule has 0 aromatic heterocycles. The zero-order valence-electron chi connectivity index (χ0n) is 15.2. The second-order valence-corrected chi connectivity index (χ2v) is 9.99. The summed E-state index contributed by atoms with van der Waals surface area (Å²) in [5.41, 5.74) is 0.255. The number of hydrogen-bond acceptors (Lipinski definition) is 7. The van der Waals surface area contributed by atoms with Crippen LogP contribution < -0.4 is 4.72 Å². The van der Waals surface area contributed by atoms with E-state index in [9.17, 15) is 26.9 Å². The molecule has 10 nitrogen and oxygen atoms in total. The lowest BCUT2D eigenvalue weighted by Crippen LogP contribution is -2.40. The summed E-state index contributed by atoms with van der Waals surface area (Å²) in [4.78, 5) is 10.3. The number of nitro benzene ring substituents is 1. The molecule has 0 atom stereocenters. The van der Waals surface area contributed by atoms with E-state index in [1.807, 2.05) is 0 Å². The van der Waals surface area contributed by atoms with Gasteiger partial charge in [0.25, 0.3) is 5.69 Å². The van der Waals surface area contributed by atoms with Gasteiger partial charge in [-0.3, -0.25) is 14.8 Å². The van der Waals surface area contributed by atoms with E-state index in [1.54, 1.807) is 0 Å². The summed E-state index contributed by atoms with van der Waals surface area (Å²) in [5.74, 6) is -0.456. The molecule has 1 aliphatic rings. The number of hydrogen-bond donors (Lipinski definition) is 1. The molecule has 1 N–H and O–H groups in total. The molecule has 0 spiro atoms. The van der Waals surface area contributed by atoms with E-state index in [-0.39, 0.29) is 34.9 Å². The molecule has 3 rings (SSSR count). The maximum Gasteiger partial charge on any atom is 0.269 e. The third-order valence-electron chi connectivity index (χ3n) is 4.21. The Labute approximate surface area is 168 Å². The number of morpholine rings is 1. The fourth-order valence-corrected chi connectivity index (χ4v) is 5.42. The summed E-state index contributed by atoms with van der Waals surface area (Å²) < 4.78 is 58.7. The van der Waals surface area contributed by atoms with Gasteiger partial charge >= 0.3 is 0 Å². The highest BCUT2D eigenvalue weighted by Crippen LogP contribution is 2.21. The maximum atomic E-state index is 12.6. The first-order valence-corrected chi connectivity index (χ1v) is 11.7. The molecule has 2 aromatic rings. The Hall–Kier alpha value is -2.54. The van der Waals surface area contributed by atoms with Crippen molar-refractivity contribution in [2.75, 3.05) is 31.0 Å². The van der Waals surface area contributed by atoms with Crippen molar-refractivity contribution in [1.82, 2.24) is 4.31 Å². The monoisotopic (exact) mass is 441 g/mol. The molecule has 1 saturated heterocycles. The van der Waals surface area contributed by atoms with Crippen LogP contribution in [0.1, 0.15) is 5.56 Å². The molecular formula is C17H19N3O7S2. The summed E-state index contributed by atoms with van der Waals surface area (Å²) in [7, 11) is -7.52. The van der Waals surface area contributed by atoms with Crippen molar-refractivity contribution in [2.45, 2.75) is 10.6 Å². The molecule has 1 aliphatic heterocycles. The minimum absolute atomic E-state index is 0.0565. The summed E-state index contributed by atoms with van der Waals surface area (Å²) in [6, 6.07) is 10.7. The topological polar surface area (TPSA) is 136 Å². The van der Waals surface area contributed by atoms with Crippen molar-refractivity contribution >= 4 is 31.4 Å². The van der Waals surface area contributed by atoms with Gasteiger partial charge < -0.3 is 4.74 Å². The number of sulfonamides is 2. The largest absolute Gasteiger partial charge is 0.379 e. The van der Waals surface area contributed by atoms with E-state index in [2.05, 4.69) is 4.72 Å². The smallest absolute Gasteiger partial charge is 0.269 e. The highest BCUT2D eigenvalue weighted by atomic mass is 32.2. The summed E-state index contributed by atoms with van der Waals surface area (Å²) in [6.45, 7) is 1.18. The second-order valence-electron chi connectivity index (χ2n) is 6.33. The van der Waals surface area contributed by atoms with Crippen LogP contribution in [0.3, 0.4) is 0 Å². The lowest BCUT2D eigenvalue weighted by atomic mass is 10.2. The van der Waals surface area contributed by atoms with Gasteiger partial charge in [-0.1, -0.05) is 12.1 Å². The van der Waals surface area contributed by atoms with E-state index in [1.165, 1.54) is 52.8 Å². The third-order valence-corrected chi connectivity index (χ3v) is 7.39. The van der Waals surface area contributed by atoms with Gasteiger partial charge in [-0.2, -0.15) is 4.31 Å². The first kappa shape index (κ1) is 21.2. The second kappa shape index (κ2) is 8.45. The van der Waals surface area contributed by atoms with E-state index >= 15 is 0 Å². The van der Waals surface area contributed by atoms with Gasteiger partial charge in [0.05, 0.1) is 28.8 Å². The molecule has 0 unspecified atom stereocenters. The van der Waals surface area contributed by atoms with Crippen LogP contribution in [0.4, 0.5) is 11.4 Å². The number of benzene rings is 2. The number of nitrogens with one attached hydrogen (secondary N) is 1. The van der Waals surface area contributed by atoms with Crippen molar-refractivity contribution in [2.24, 2.45) is 0 Å². The zero-order valence-corrected chi connectivity index (χ0v) is 16.9. The molecule has 1 fully saturated rings. The Morgan fingerprint density at radius 2 is 1.69 bits per heavy atom. The Morgan fingerprint density at radius 1 is 1.03 bits per heavy atom. The van der Waals surface area contributed by atoms with Crippen LogP contribution >= 0.6 is 0 Å². The predicted octanol–water partition coefficient (Wildman–Crippen LogP) is 1.56. The Bertz CT molecular complexity index is 1090. The van der Waals surface area contributed by atoms with Crippen molar-refractivity contribution in [3.8, 4) is 0 Å². The molecule has 156 valence electrons. The number of ether oxygens (including phenoxy) is 1. The Morgan fingerprint density at radius 3 is 2.31 bits per heavy atom. The van der Waals surface area contributed by atoms with E-state index in [4.69, 9.17) is 4.74 Å². The van der Waals surface area contributed by atoms with Crippen molar-refractivity contribution in [3.63, 3.8) is 0 Å². The molecule has 12 heteroatoms. The van der Waals surface area contributed by atoms with Crippen LogP contribution in [0.2, 0.25) is 0 Å². The first-order chi connectivity index (χ1) is 13.7. The fraction of sp³-hybridized carbons (Fsp3) is 0.294. The molecule has 2 aromatic carbocycles. The van der Waals surface area contributed by atoms with Gasteiger partial charge in [0.1, 0.15) is 0 Å². The molecule has 29 heavy (non-hydrogen) atoms. The number of anilines is 1. The lowest BCUT2D eigenvalue weighted by Gasteiger charge is -2.26. The fourth-order valence-electron chi connectivity index (χ4n) is 2.83. The molecule has 1 heterocycles. The SMILES string of the molecule is O=[N+]([O-])c1cccc(CS(=O)(=O)Nc2ccc(S(=O)(=O)N3CCOCC3)cc2)c1. The average molecular weight is 441 g/mol. The highest BCUT2D eigenvalue weighted by molar-refractivity contribution is 7.92. The molecule has 0 saturated carbocycles. The maximum absolute atomic E-state index is 12.6. The van der Waals surface area contributed by atoms with Crippen LogP contribution in [0.25, 0.3) is 0 Å². The van der Waals surface area contributed by atoms with Gasteiger partial charge in [0.2, 0.25) is 20.0 Å². The molecule has 0 bridgehead atoms. The standard InChI is InChI=1S/C17H19N3O7S2/c21-20(22)16-3-1-2-14(12-16)13-28(23,24)18-15-4-6-17(7-5-15)29(25,26)19-8-10-27-11-9-19/h1-7,12,18H,8-11,13H2. The summed E-state index contributed by atoms with van der Waals surface area (Å²) in [5, 5.41) is 10.8. The summed E-state index contributed by atoms with van der Waals surface area (Å²) >= 11 is 0. The van der Waals surface area contributed by atoms with E-state index in [0.717, 1.165) is 0 Å². The number of nitrogens with zero attached hydrogens (tertiary/aromatic N) is 2. The number of nitro groups is 1. The van der Waals surface area contributed by atoms with Crippen molar-refractivity contribution < 1.29 is 26.5 Å². The van der Waals surface area contributed by atoms with Gasteiger partial charge in [-0.15, -0.1) is 0 Å². The highest BCUT2D eigenvalue weighted by Gasteiger charge is 2.26. The van der Waals surface area contributed by atoms with Crippen molar-refractivity contribution in [3.05, 3.63) is 64.2 Å². The quantitative estimate of drug-likeness (QED) is 0.508. The number of non-ortho nitro benzene ring substituents is 1. The van der Waals surface area contributed by atoms with E-state index in [0.29, 0.717) is 13.2 Å². The van der Waals surface area contributed by atoms with Crippen molar-refractivity contribution in [1.29, 1.82) is 0 Å². The summed E-state index contributed by atoms with van der Waals surface area (Å²) in [6.07, 6.45) is 0. The van der Waals surface area contributed by atoms with Gasteiger partial charge in [-0.05, 0) is 29.8 Å². The average Bonchev–Trinajstić information content (AvgIpc) is 2.68. The minimum Gasteiger partial charge on any atom is -0.379 e.